The number of hydrogen-bond donors (Lipinski definition) is 3. The zero-order valence-electron chi connectivity index (χ0n) is 19.3. The molecule has 1 fully saturated rings. The highest BCUT2D eigenvalue weighted by Crippen LogP contribution is 2.29. The number of ether oxygens (including phenoxy) is 1. The van der Waals surface area contributed by atoms with Crippen LogP contribution in [0.3, 0.4) is 0 Å². The minimum atomic E-state index is -4.41. The molecule has 4 rings (SSSR count). The molecule has 9 nitrogen and oxygen atoms in total. The molecular formula is C23H27F3N8O. The molecule has 0 unspecified atom stereocenters. The average molecular weight is 489 g/mol. The summed E-state index contributed by atoms with van der Waals surface area (Å²) in [6.45, 7) is 6.81. The fourth-order valence-electron chi connectivity index (χ4n) is 3.52. The lowest BCUT2D eigenvalue weighted by Gasteiger charge is -2.26. The summed E-state index contributed by atoms with van der Waals surface area (Å²) < 4.78 is 44.4. The lowest BCUT2D eigenvalue weighted by Crippen LogP contribution is -2.37. The monoisotopic (exact) mass is 488 g/mol. The van der Waals surface area contributed by atoms with Gasteiger partial charge in [0, 0.05) is 31.4 Å². The van der Waals surface area contributed by atoms with Gasteiger partial charge >= 0.3 is 6.18 Å². The van der Waals surface area contributed by atoms with E-state index in [-0.39, 0.29) is 5.95 Å². The van der Waals surface area contributed by atoms with Gasteiger partial charge in [-0.3, -0.25) is 10.00 Å². The van der Waals surface area contributed by atoms with Crippen LogP contribution in [0.25, 0.3) is 12.2 Å². The normalized spacial score (nSPS) is 15.0. The summed E-state index contributed by atoms with van der Waals surface area (Å²) in [6, 6.07) is 6.87. The lowest BCUT2D eigenvalue weighted by atomic mass is 10.1. The standard InChI is InChI=1S/C23H27F3N8O/c1-16-14-20(33-32-16)30-22-29-19(7-6-17-4-2-5-18(15-17)23(24,25)26)28-21(31-22)27-8-3-9-34-10-12-35-13-11-34/h2,4-7,14-15H,3,8-13H2,1H3,(H3,27,28,29,30,31,32,33)/b7-6+. The topological polar surface area (TPSA) is 104 Å². The van der Waals surface area contributed by atoms with E-state index in [4.69, 9.17) is 4.74 Å². The fraction of sp³-hybridized carbons (Fsp3) is 0.391. The van der Waals surface area contributed by atoms with Crippen LogP contribution >= 0.6 is 0 Å². The van der Waals surface area contributed by atoms with Crippen molar-refractivity contribution in [2.75, 3.05) is 50.0 Å². The molecule has 1 aliphatic heterocycles. The van der Waals surface area contributed by atoms with E-state index < -0.39 is 11.7 Å². The second kappa shape index (κ2) is 11.3. The molecule has 1 saturated heterocycles. The number of benzene rings is 1. The first-order valence-electron chi connectivity index (χ1n) is 11.3. The van der Waals surface area contributed by atoms with Gasteiger partial charge in [-0.05, 0) is 43.7 Å². The van der Waals surface area contributed by atoms with E-state index in [9.17, 15) is 13.2 Å². The third kappa shape index (κ3) is 7.49. The predicted octanol–water partition coefficient (Wildman–Crippen LogP) is 3.97. The molecule has 0 radical (unpaired) electrons. The highest BCUT2D eigenvalue weighted by molar-refractivity contribution is 5.68. The van der Waals surface area contributed by atoms with Crippen molar-refractivity contribution < 1.29 is 17.9 Å². The number of aromatic amines is 1. The molecule has 3 heterocycles. The molecule has 35 heavy (non-hydrogen) atoms. The number of morpholine rings is 1. The van der Waals surface area contributed by atoms with Gasteiger partial charge in [-0.15, -0.1) is 0 Å². The molecule has 0 bridgehead atoms. The van der Waals surface area contributed by atoms with Crippen LogP contribution < -0.4 is 10.6 Å². The number of nitrogens with one attached hydrogen (secondary N) is 3. The number of H-pyrrole nitrogens is 1. The van der Waals surface area contributed by atoms with Gasteiger partial charge in [-0.25, -0.2) is 0 Å². The van der Waals surface area contributed by atoms with Crippen LogP contribution in [0, 0.1) is 6.92 Å². The van der Waals surface area contributed by atoms with Crippen LogP contribution in [-0.2, 0) is 10.9 Å². The van der Waals surface area contributed by atoms with Crippen molar-refractivity contribution in [3.05, 3.63) is 53.0 Å². The molecule has 2 aromatic heterocycles. The Morgan fingerprint density at radius 1 is 1.09 bits per heavy atom. The Morgan fingerprint density at radius 2 is 1.89 bits per heavy atom. The van der Waals surface area contributed by atoms with Gasteiger partial charge in [0.1, 0.15) is 0 Å². The second-order valence-corrected chi connectivity index (χ2v) is 8.09. The molecule has 3 aromatic rings. The fourth-order valence-corrected chi connectivity index (χ4v) is 3.52. The number of hydrogen-bond acceptors (Lipinski definition) is 8. The molecule has 0 aliphatic carbocycles. The zero-order valence-corrected chi connectivity index (χ0v) is 19.3. The van der Waals surface area contributed by atoms with Gasteiger partial charge < -0.3 is 15.4 Å². The van der Waals surface area contributed by atoms with Gasteiger partial charge in [0.15, 0.2) is 11.6 Å². The van der Waals surface area contributed by atoms with Crippen molar-refractivity contribution in [1.29, 1.82) is 0 Å². The maximum Gasteiger partial charge on any atom is 0.416 e. The van der Waals surface area contributed by atoms with Crippen LogP contribution in [0.1, 0.15) is 29.1 Å². The molecule has 0 atom stereocenters. The molecule has 0 spiro atoms. The number of alkyl halides is 3. The summed E-state index contributed by atoms with van der Waals surface area (Å²) in [5.41, 5.74) is 0.541. The van der Waals surface area contributed by atoms with Crippen molar-refractivity contribution in [2.24, 2.45) is 0 Å². The maximum atomic E-state index is 13.0. The highest BCUT2D eigenvalue weighted by Gasteiger charge is 2.30. The van der Waals surface area contributed by atoms with E-state index in [1.165, 1.54) is 12.1 Å². The summed E-state index contributed by atoms with van der Waals surface area (Å²) >= 11 is 0. The SMILES string of the molecule is Cc1cc(Nc2nc(/C=C/c3cccc(C(F)(F)F)c3)nc(NCCCN3CCOCC3)n2)n[nH]1. The van der Waals surface area contributed by atoms with Gasteiger partial charge in [-0.2, -0.15) is 33.2 Å². The lowest BCUT2D eigenvalue weighted by molar-refractivity contribution is -0.137. The number of anilines is 3. The highest BCUT2D eigenvalue weighted by atomic mass is 19.4. The van der Waals surface area contributed by atoms with Crippen LogP contribution in [-0.4, -0.2) is 69.4 Å². The van der Waals surface area contributed by atoms with Crippen LogP contribution in [0.4, 0.5) is 30.9 Å². The summed E-state index contributed by atoms with van der Waals surface area (Å²) in [7, 11) is 0. The molecule has 3 N–H and O–H groups in total. The number of aromatic nitrogens is 5. The van der Waals surface area contributed by atoms with Crippen molar-refractivity contribution in [1.82, 2.24) is 30.0 Å². The average Bonchev–Trinajstić information content (AvgIpc) is 3.25. The Balaban J connectivity index is 1.47. The molecule has 186 valence electrons. The van der Waals surface area contributed by atoms with Crippen LogP contribution in [0.2, 0.25) is 0 Å². The zero-order chi connectivity index (χ0) is 24.7. The summed E-state index contributed by atoms with van der Waals surface area (Å²) in [4.78, 5) is 15.5. The number of halogens is 3. The van der Waals surface area contributed by atoms with E-state index in [1.807, 2.05) is 6.92 Å². The minimum Gasteiger partial charge on any atom is -0.379 e. The van der Waals surface area contributed by atoms with Gasteiger partial charge in [0.25, 0.3) is 0 Å². The van der Waals surface area contributed by atoms with Crippen molar-refractivity contribution in [3.63, 3.8) is 0 Å². The van der Waals surface area contributed by atoms with Gasteiger partial charge in [0.2, 0.25) is 11.9 Å². The third-order valence-electron chi connectivity index (χ3n) is 5.28. The first-order chi connectivity index (χ1) is 16.8. The Bertz CT molecular complexity index is 1140. The number of aryl methyl sites for hydroxylation is 1. The Kier molecular flexibility index (Phi) is 7.93. The number of nitrogens with zero attached hydrogens (tertiary/aromatic N) is 5. The van der Waals surface area contributed by atoms with Crippen LogP contribution in [0.5, 0.6) is 0 Å². The van der Waals surface area contributed by atoms with Gasteiger partial charge in [-0.1, -0.05) is 18.2 Å². The minimum absolute atomic E-state index is 0.269. The smallest absolute Gasteiger partial charge is 0.379 e. The predicted molar refractivity (Wildman–Crippen MR) is 127 cm³/mol. The second-order valence-electron chi connectivity index (χ2n) is 8.09. The van der Waals surface area contributed by atoms with E-state index >= 15 is 0 Å². The molecule has 0 amide bonds. The molecule has 1 aliphatic rings. The number of rotatable bonds is 9. The van der Waals surface area contributed by atoms with Crippen molar-refractivity contribution >= 4 is 29.9 Å². The Morgan fingerprint density at radius 3 is 2.63 bits per heavy atom. The third-order valence-corrected chi connectivity index (χ3v) is 5.28. The molecular weight excluding hydrogens is 461 g/mol. The Hall–Kier alpha value is -3.51. The summed E-state index contributed by atoms with van der Waals surface area (Å²) in [6.07, 6.45) is -0.428. The first kappa shape index (κ1) is 24.6. The Labute approximate surface area is 200 Å². The maximum absolute atomic E-state index is 13.0. The summed E-state index contributed by atoms with van der Waals surface area (Å²) in [5.74, 6) is 1.47. The first-order valence-corrected chi connectivity index (χ1v) is 11.3. The van der Waals surface area contributed by atoms with E-state index in [0.29, 0.717) is 29.7 Å². The van der Waals surface area contributed by atoms with Crippen molar-refractivity contribution in [2.45, 2.75) is 19.5 Å². The van der Waals surface area contributed by atoms with Crippen LogP contribution in [0.15, 0.2) is 30.3 Å². The molecule has 0 saturated carbocycles. The van der Waals surface area contributed by atoms with E-state index in [0.717, 1.165) is 57.1 Å². The van der Waals surface area contributed by atoms with Gasteiger partial charge in [0.05, 0.1) is 18.8 Å². The van der Waals surface area contributed by atoms with E-state index in [1.54, 1.807) is 18.2 Å². The summed E-state index contributed by atoms with van der Waals surface area (Å²) in [5, 5.41) is 13.2. The quantitative estimate of drug-likeness (QED) is 0.389. The van der Waals surface area contributed by atoms with Crippen molar-refractivity contribution in [3.8, 4) is 0 Å². The largest absolute Gasteiger partial charge is 0.416 e. The van der Waals surface area contributed by atoms with E-state index in [2.05, 4.69) is 40.7 Å². The molecule has 12 heteroatoms. The molecule has 1 aromatic carbocycles.